The van der Waals surface area contributed by atoms with Gasteiger partial charge in [-0.2, -0.15) is 0 Å². The van der Waals surface area contributed by atoms with Crippen LogP contribution in [0.3, 0.4) is 0 Å². The van der Waals surface area contributed by atoms with E-state index in [2.05, 4.69) is 15.6 Å². The van der Waals surface area contributed by atoms with Gasteiger partial charge in [-0.3, -0.25) is 15.1 Å². The Kier molecular flexibility index (Phi) is 3.97. The van der Waals surface area contributed by atoms with E-state index >= 15 is 0 Å². The van der Waals surface area contributed by atoms with Gasteiger partial charge < -0.3 is 10.1 Å². The quantitative estimate of drug-likeness (QED) is 0.880. The molecule has 1 atom stereocenters. The number of amides is 1. The fourth-order valence-electron chi connectivity index (χ4n) is 2.13. The highest BCUT2D eigenvalue weighted by Gasteiger charge is 2.42. The number of carbonyl (C=O) groups excluding carboxylic acids is 1. The van der Waals surface area contributed by atoms with Crippen LogP contribution in [0.4, 0.5) is 0 Å². The van der Waals surface area contributed by atoms with Gasteiger partial charge >= 0.3 is 0 Å². The highest BCUT2D eigenvalue weighted by molar-refractivity contribution is 6.09. The van der Waals surface area contributed by atoms with Crippen molar-refractivity contribution < 1.29 is 9.53 Å². The molecule has 1 aliphatic rings. The average Bonchev–Trinajstić information content (AvgIpc) is 2.66. The summed E-state index contributed by atoms with van der Waals surface area (Å²) in [6, 6.07) is 7.67. The molecule has 1 fully saturated rings. The lowest BCUT2D eigenvalue weighted by molar-refractivity contribution is -0.123. The van der Waals surface area contributed by atoms with E-state index in [4.69, 9.17) is 4.74 Å². The number of hydrogen-bond donors (Lipinski definition) is 2. The maximum atomic E-state index is 12.2. The number of carbonyl (C=O) groups is 1. The summed E-state index contributed by atoms with van der Waals surface area (Å²) in [4.78, 5) is 16.6. The SMILES string of the molecule is CCOc1ccc(C2(C)NC(=NC(C)C)NC2=O)cc1. The molecular formula is C15H21N3O2. The number of nitrogens with zero attached hydrogens (tertiary/aromatic N) is 1. The zero-order chi connectivity index (χ0) is 14.8. The lowest BCUT2D eigenvalue weighted by atomic mass is 9.92. The van der Waals surface area contributed by atoms with Crippen molar-refractivity contribution in [3.63, 3.8) is 0 Å². The molecule has 0 radical (unpaired) electrons. The summed E-state index contributed by atoms with van der Waals surface area (Å²) in [6.45, 7) is 8.35. The molecule has 0 bridgehead atoms. The molecule has 1 heterocycles. The first-order valence-electron chi connectivity index (χ1n) is 6.86. The van der Waals surface area contributed by atoms with Gasteiger partial charge in [0.05, 0.1) is 6.61 Å². The highest BCUT2D eigenvalue weighted by Crippen LogP contribution is 2.26. The smallest absolute Gasteiger partial charge is 0.256 e. The predicted octanol–water partition coefficient (Wildman–Crippen LogP) is 1.78. The summed E-state index contributed by atoms with van der Waals surface area (Å²) in [5.41, 5.74) is 0.0887. The molecule has 20 heavy (non-hydrogen) atoms. The van der Waals surface area contributed by atoms with Crippen LogP contribution >= 0.6 is 0 Å². The number of ether oxygens (including phenoxy) is 1. The van der Waals surface area contributed by atoms with Gasteiger partial charge in [-0.1, -0.05) is 12.1 Å². The van der Waals surface area contributed by atoms with Crippen LogP contribution in [-0.2, 0) is 10.3 Å². The Labute approximate surface area is 119 Å². The van der Waals surface area contributed by atoms with E-state index < -0.39 is 5.54 Å². The molecule has 2 N–H and O–H groups in total. The molecule has 1 saturated heterocycles. The Morgan fingerprint density at radius 1 is 1.30 bits per heavy atom. The molecular weight excluding hydrogens is 254 g/mol. The molecule has 108 valence electrons. The largest absolute Gasteiger partial charge is 0.494 e. The average molecular weight is 275 g/mol. The van der Waals surface area contributed by atoms with Crippen LogP contribution in [0.25, 0.3) is 0 Å². The van der Waals surface area contributed by atoms with Crippen LogP contribution in [-0.4, -0.2) is 24.5 Å². The van der Waals surface area contributed by atoms with Crippen LogP contribution in [0.5, 0.6) is 5.75 Å². The number of rotatable bonds is 4. The van der Waals surface area contributed by atoms with Crippen molar-refractivity contribution in [2.45, 2.75) is 39.3 Å². The molecule has 1 aromatic carbocycles. The van der Waals surface area contributed by atoms with Crippen molar-refractivity contribution in [2.75, 3.05) is 6.61 Å². The van der Waals surface area contributed by atoms with E-state index in [1.54, 1.807) is 0 Å². The summed E-state index contributed by atoms with van der Waals surface area (Å²) in [6.07, 6.45) is 0. The maximum Gasteiger partial charge on any atom is 0.256 e. The van der Waals surface area contributed by atoms with E-state index in [1.807, 2.05) is 52.0 Å². The Hall–Kier alpha value is -2.04. The third-order valence-corrected chi connectivity index (χ3v) is 3.18. The summed E-state index contributed by atoms with van der Waals surface area (Å²) in [5, 5.41) is 5.95. The number of nitrogens with one attached hydrogen (secondary N) is 2. The fraction of sp³-hybridized carbons (Fsp3) is 0.467. The Bertz CT molecular complexity index is 522. The molecule has 1 amide bonds. The van der Waals surface area contributed by atoms with E-state index in [0.717, 1.165) is 11.3 Å². The van der Waals surface area contributed by atoms with Crippen LogP contribution in [0.2, 0.25) is 0 Å². The fourth-order valence-corrected chi connectivity index (χ4v) is 2.13. The Morgan fingerprint density at radius 3 is 2.50 bits per heavy atom. The van der Waals surface area contributed by atoms with Gasteiger partial charge in [0, 0.05) is 6.04 Å². The van der Waals surface area contributed by atoms with Gasteiger partial charge in [0.25, 0.3) is 5.91 Å². The van der Waals surface area contributed by atoms with E-state index in [0.29, 0.717) is 12.6 Å². The predicted molar refractivity (Wildman–Crippen MR) is 78.8 cm³/mol. The second kappa shape index (κ2) is 5.53. The van der Waals surface area contributed by atoms with Crippen molar-refractivity contribution in [3.8, 4) is 5.75 Å². The van der Waals surface area contributed by atoms with E-state index in [1.165, 1.54) is 0 Å². The lowest BCUT2D eigenvalue weighted by Crippen LogP contribution is -2.40. The normalized spacial score (nSPS) is 23.9. The molecule has 0 saturated carbocycles. The number of benzene rings is 1. The first kappa shape index (κ1) is 14.4. The topological polar surface area (TPSA) is 62.7 Å². The van der Waals surface area contributed by atoms with Crippen molar-refractivity contribution in [1.82, 2.24) is 10.6 Å². The molecule has 5 nitrogen and oxygen atoms in total. The third-order valence-electron chi connectivity index (χ3n) is 3.18. The standard InChI is InChI=1S/C15H21N3O2/c1-5-20-12-8-6-11(7-9-12)15(4)13(19)17-14(18-15)16-10(2)3/h6-10H,5H2,1-4H3,(H2,16,17,18,19). The molecule has 0 spiro atoms. The molecule has 1 unspecified atom stereocenters. The van der Waals surface area contributed by atoms with Crippen molar-refractivity contribution >= 4 is 11.9 Å². The van der Waals surface area contributed by atoms with E-state index in [-0.39, 0.29) is 11.9 Å². The third kappa shape index (κ3) is 2.76. The molecule has 1 aromatic rings. The van der Waals surface area contributed by atoms with Crippen LogP contribution in [0.15, 0.2) is 29.3 Å². The van der Waals surface area contributed by atoms with Gasteiger partial charge in [0.15, 0.2) is 5.96 Å². The molecule has 1 aliphatic heterocycles. The van der Waals surface area contributed by atoms with Gasteiger partial charge in [-0.15, -0.1) is 0 Å². The zero-order valence-corrected chi connectivity index (χ0v) is 12.4. The summed E-state index contributed by atoms with van der Waals surface area (Å²) in [7, 11) is 0. The highest BCUT2D eigenvalue weighted by atomic mass is 16.5. The van der Waals surface area contributed by atoms with Gasteiger partial charge in [0.2, 0.25) is 0 Å². The maximum absolute atomic E-state index is 12.2. The van der Waals surface area contributed by atoms with Gasteiger partial charge in [-0.05, 0) is 45.4 Å². The van der Waals surface area contributed by atoms with Gasteiger partial charge in [0.1, 0.15) is 11.3 Å². The van der Waals surface area contributed by atoms with Crippen LogP contribution in [0.1, 0.15) is 33.3 Å². The molecule has 2 rings (SSSR count). The number of guanidine groups is 1. The van der Waals surface area contributed by atoms with Gasteiger partial charge in [-0.25, -0.2) is 0 Å². The summed E-state index contributed by atoms with van der Waals surface area (Å²) in [5.74, 6) is 1.23. The first-order valence-corrected chi connectivity index (χ1v) is 6.86. The minimum Gasteiger partial charge on any atom is -0.494 e. The van der Waals surface area contributed by atoms with Crippen molar-refractivity contribution in [1.29, 1.82) is 0 Å². The minimum atomic E-state index is -0.793. The minimum absolute atomic E-state index is 0.0962. The Morgan fingerprint density at radius 2 is 1.95 bits per heavy atom. The van der Waals surface area contributed by atoms with Crippen molar-refractivity contribution in [3.05, 3.63) is 29.8 Å². The summed E-state index contributed by atoms with van der Waals surface area (Å²) < 4.78 is 5.41. The molecule has 0 aliphatic carbocycles. The zero-order valence-electron chi connectivity index (χ0n) is 12.4. The van der Waals surface area contributed by atoms with Crippen LogP contribution < -0.4 is 15.4 Å². The second-order valence-electron chi connectivity index (χ2n) is 5.23. The van der Waals surface area contributed by atoms with Crippen LogP contribution in [0, 0.1) is 0 Å². The van der Waals surface area contributed by atoms with Crippen molar-refractivity contribution in [2.24, 2.45) is 4.99 Å². The monoisotopic (exact) mass is 275 g/mol. The first-order chi connectivity index (χ1) is 9.45. The number of hydrogen-bond acceptors (Lipinski definition) is 3. The Balaban J connectivity index is 2.24. The lowest BCUT2D eigenvalue weighted by Gasteiger charge is -2.22. The summed E-state index contributed by atoms with van der Waals surface area (Å²) >= 11 is 0. The molecule has 0 aromatic heterocycles. The molecule has 5 heteroatoms. The number of aliphatic imine (C=N–C) groups is 1. The van der Waals surface area contributed by atoms with E-state index in [9.17, 15) is 4.79 Å². The second-order valence-corrected chi connectivity index (χ2v) is 5.23.